The molecule has 2 atom stereocenters. The predicted octanol–water partition coefficient (Wildman–Crippen LogP) is 3.65. The Morgan fingerprint density at radius 3 is 2.60 bits per heavy atom. The number of carbonyl (C=O) groups is 1. The predicted molar refractivity (Wildman–Crippen MR) is 96.1 cm³/mol. The number of carbonyl (C=O) groups excluding carboxylic acids is 1. The summed E-state index contributed by atoms with van der Waals surface area (Å²) < 4.78 is 16.9. The normalized spacial score (nSPS) is 17.7. The van der Waals surface area contributed by atoms with Crippen molar-refractivity contribution >= 4 is 11.6 Å². The van der Waals surface area contributed by atoms with Crippen LogP contribution in [0.2, 0.25) is 0 Å². The van der Waals surface area contributed by atoms with Crippen LogP contribution in [-0.4, -0.2) is 31.3 Å². The second-order valence-corrected chi connectivity index (χ2v) is 6.03. The van der Waals surface area contributed by atoms with Crippen molar-refractivity contribution in [3.63, 3.8) is 0 Å². The van der Waals surface area contributed by atoms with E-state index in [-0.39, 0.29) is 12.0 Å². The van der Waals surface area contributed by atoms with E-state index in [4.69, 9.17) is 14.2 Å². The molecule has 5 heteroatoms. The first kappa shape index (κ1) is 17.3. The molecular weight excluding hydrogens is 318 g/mol. The maximum atomic E-state index is 12.2. The molecule has 1 heterocycles. The smallest absolute Gasteiger partial charge is 0.265 e. The van der Waals surface area contributed by atoms with Crippen LogP contribution < -0.4 is 14.8 Å². The van der Waals surface area contributed by atoms with Crippen LogP contribution in [0.15, 0.2) is 54.6 Å². The van der Waals surface area contributed by atoms with E-state index in [1.165, 1.54) is 0 Å². The fourth-order valence-corrected chi connectivity index (χ4v) is 2.60. The first-order valence-corrected chi connectivity index (χ1v) is 8.58. The molecule has 0 aromatic heterocycles. The molecule has 1 fully saturated rings. The molecule has 0 aliphatic carbocycles. The summed E-state index contributed by atoms with van der Waals surface area (Å²) in [6.07, 6.45) is 1.75. The van der Waals surface area contributed by atoms with Crippen LogP contribution in [0.4, 0.5) is 5.69 Å². The molecule has 1 aliphatic rings. The highest BCUT2D eigenvalue weighted by Gasteiger charge is 2.16. The molecule has 0 bridgehead atoms. The van der Waals surface area contributed by atoms with Crippen LogP contribution in [0.3, 0.4) is 0 Å². The zero-order chi connectivity index (χ0) is 17.5. The van der Waals surface area contributed by atoms with Crippen LogP contribution in [0, 0.1) is 0 Å². The van der Waals surface area contributed by atoms with Crippen molar-refractivity contribution in [3.8, 4) is 11.5 Å². The van der Waals surface area contributed by atoms with Gasteiger partial charge in [0.05, 0.1) is 6.10 Å². The lowest BCUT2D eigenvalue weighted by Gasteiger charge is -2.15. The molecule has 0 saturated carbocycles. The average molecular weight is 341 g/mol. The van der Waals surface area contributed by atoms with Gasteiger partial charge in [-0.3, -0.25) is 4.79 Å². The number of anilines is 1. The summed E-state index contributed by atoms with van der Waals surface area (Å²) >= 11 is 0. The van der Waals surface area contributed by atoms with Gasteiger partial charge in [-0.1, -0.05) is 18.2 Å². The van der Waals surface area contributed by atoms with Crippen molar-refractivity contribution in [3.05, 3.63) is 54.6 Å². The van der Waals surface area contributed by atoms with Gasteiger partial charge >= 0.3 is 0 Å². The third-order valence-corrected chi connectivity index (χ3v) is 4.01. The first-order valence-electron chi connectivity index (χ1n) is 8.58. The van der Waals surface area contributed by atoms with Crippen LogP contribution in [-0.2, 0) is 9.53 Å². The summed E-state index contributed by atoms with van der Waals surface area (Å²) in [5, 5.41) is 2.84. The third kappa shape index (κ3) is 5.22. The van der Waals surface area contributed by atoms with Crippen LogP contribution in [0.1, 0.15) is 19.8 Å². The zero-order valence-corrected chi connectivity index (χ0v) is 14.3. The van der Waals surface area contributed by atoms with Crippen molar-refractivity contribution in [2.75, 3.05) is 18.5 Å². The van der Waals surface area contributed by atoms with Crippen molar-refractivity contribution in [1.82, 2.24) is 0 Å². The number of ether oxygens (including phenoxy) is 3. The molecule has 2 aromatic rings. The van der Waals surface area contributed by atoms with E-state index < -0.39 is 6.10 Å². The maximum absolute atomic E-state index is 12.2. The van der Waals surface area contributed by atoms with Crippen molar-refractivity contribution in [2.45, 2.75) is 32.0 Å². The third-order valence-electron chi connectivity index (χ3n) is 4.01. The van der Waals surface area contributed by atoms with Gasteiger partial charge in [0.1, 0.15) is 18.1 Å². The lowest BCUT2D eigenvalue weighted by atomic mass is 10.2. The van der Waals surface area contributed by atoms with Crippen LogP contribution >= 0.6 is 0 Å². The Labute approximate surface area is 147 Å². The van der Waals surface area contributed by atoms with Gasteiger partial charge in [-0.25, -0.2) is 0 Å². The summed E-state index contributed by atoms with van der Waals surface area (Å²) in [6, 6.07) is 16.6. The van der Waals surface area contributed by atoms with E-state index >= 15 is 0 Å². The summed E-state index contributed by atoms with van der Waals surface area (Å²) in [4.78, 5) is 12.2. The Morgan fingerprint density at radius 1 is 1.16 bits per heavy atom. The molecule has 1 saturated heterocycles. The lowest BCUT2D eigenvalue weighted by molar-refractivity contribution is -0.122. The molecule has 132 valence electrons. The number of rotatable bonds is 7. The molecule has 0 spiro atoms. The molecular formula is C20H23NO4. The SMILES string of the molecule is C[C@@H](Oc1ccccc1)C(=O)Nc1ccc(OC[C@H]2CCCO2)cc1. The van der Waals surface area contributed by atoms with E-state index in [0.717, 1.165) is 25.2 Å². The van der Waals surface area contributed by atoms with Crippen LogP contribution in [0.25, 0.3) is 0 Å². The minimum Gasteiger partial charge on any atom is -0.491 e. The Hall–Kier alpha value is -2.53. The number of amides is 1. The number of para-hydroxylation sites is 1. The van der Waals surface area contributed by atoms with E-state index in [1.54, 1.807) is 6.92 Å². The fraction of sp³-hybridized carbons (Fsp3) is 0.350. The Morgan fingerprint density at radius 2 is 1.92 bits per heavy atom. The highest BCUT2D eigenvalue weighted by atomic mass is 16.5. The molecule has 25 heavy (non-hydrogen) atoms. The molecule has 1 N–H and O–H groups in total. The maximum Gasteiger partial charge on any atom is 0.265 e. The quantitative estimate of drug-likeness (QED) is 0.835. The van der Waals surface area contributed by atoms with E-state index in [2.05, 4.69) is 5.32 Å². The van der Waals surface area contributed by atoms with Gasteiger partial charge in [0.25, 0.3) is 5.91 Å². The number of hydrogen-bond acceptors (Lipinski definition) is 4. The second-order valence-electron chi connectivity index (χ2n) is 6.03. The lowest BCUT2D eigenvalue weighted by Crippen LogP contribution is -2.30. The molecule has 1 amide bonds. The summed E-state index contributed by atoms with van der Waals surface area (Å²) in [7, 11) is 0. The second kappa shape index (κ2) is 8.53. The average Bonchev–Trinajstić information content (AvgIpc) is 3.15. The highest BCUT2D eigenvalue weighted by Crippen LogP contribution is 2.19. The standard InChI is InChI=1S/C20H23NO4/c1-15(25-18-6-3-2-4-7-18)20(22)21-16-9-11-17(12-10-16)24-14-19-8-5-13-23-19/h2-4,6-7,9-12,15,19H,5,8,13-14H2,1H3,(H,21,22)/t15-,19-/m1/s1. The molecule has 2 aromatic carbocycles. The monoisotopic (exact) mass is 341 g/mol. The van der Waals surface area contributed by atoms with Crippen LogP contribution in [0.5, 0.6) is 11.5 Å². The molecule has 0 radical (unpaired) electrons. The Kier molecular flexibility index (Phi) is 5.90. The summed E-state index contributed by atoms with van der Waals surface area (Å²) in [5.41, 5.74) is 0.706. The topological polar surface area (TPSA) is 56.8 Å². The van der Waals surface area contributed by atoms with Gasteiger partial charge in [-0.15, -0.1) is 0 Å². The minimum atomic E-state index is -0.585. The van der Waals surface area contributed by atoms with Crippen molar-refractivity contribution < 1.29 is 19.0 Å². The van der Waals surface area contributed by atoms with Gasteiger partial charge in [-0.2, -0.15) is 0 Å². The Bertz CT molecular complexity index is 666. The minimum absolute atomic E-state index is 0.190. The van der Waals surface area contributed by atoms with Crippen molar-refractivity contribution in [2.24, 2.45) is 0 Å². The largest absolute Gasteiger partial charge is 0.491 e. The molecule has 5 nitrogen and oxygen atoms in total. The zero-order valence-electron chi connectivity index (χ0n) is 14.3. The number of nitrogens with one attached hydrogen (secondary N) is 1. The fourth-order valence-electron chi connectivity index (χ4n) is 2.60. The van der Waals surface area contributed by atoms with Gasteiger partial charge in [0.2, 0.25) is 0 Å². The van der Waals surface area contributed by atoms with Gasteiger partial charge in [0, 0.05) is 12.3 Å². The van der Waals surface area contributed by atoms with Gasteiger partial charge in [-0.05, 0) is 56.2 Å². The van der Waals surface area contributed by atoms with E-state index in [9.17, 15) is 4.79 Å². The number of benzene rings is 2. The van der Waals surface area contributed by atoms with Gasteiger partial charge < -0.3 is 19.5 Å². The van der Waals surface area contributed by atoms with E-state index in [0.29, 0.717) is 18.0 Å². The molecule has 1 aliphatic heterocycles. The molecule has 3 rings (SSSR count). The number of hydrogen-bond donors (Lipinski definition) is 1. The first-order chi connectivity index (χ1) is 12.2. The Balaban J connectivity index is 1.47. The summed E-state index contributed by atoms with van der Waals surface area (Å²) in [5.74, 6) is 1.24. The molecule has 0 unspecified atom stereocenters. The summed E-state index contributed by atoms with van der Waals surface area (Å²) in [6.45, 7) is 3.11. The van der Waals surface area contributed by atoms with Crippen molar-refractivity contribution in [1.29, 1.82) is 0 Å². The highest BCUT2D eigenvalue weighted by molar-refractivity contribution is 5.94. The van der Waals surface area contributed by atoms with E-state index in [1.807, 2.05) is 54.6 Å². The van der Waals surface area contributed by atoms with Gasteiger partial charge in [0.15, 0.2) is 6.10 Å².